The van der Waals surface area contributed by atoms with Crippen LogP contribution in [0.5, 0.6) is 11.5 Å². The Morgan fingerprint density at radius 1 is 1.22 bits per heavy atom. The Hall–Kier alpha value is -1.68. The first-order valence-corrected chi connectivity index (χ1v) is 6.06. The molecule has 1 heterocycles. The highest BCUT2D eigenvalue weighted by molar-refractivity contribution is 6.16. The van der Waals surface area contributed by atoms with Gasteiger partial charge in [-0.15, -0.1) is 11.6 Å². The first kappa shape index (κ1) is 12.8. The van der Waals surface area contributed by atoms with Crippen molar-refractivity contribution in [3.8, 4) is 22.8 Å². The highest BCUT2D eigenvalue weighted by Gasteiger charge is 2.12. The Balaban J connectivity index is 2.54. The number of halogens is 1. The number of aromatic nitrogens is 2. The van der Waals surface area contributed by atoms with E-state index in [0.29, 0.717) is 5.88 Å². The molecule has 0 aliphatic heterocycles. The summed E-state index contributed by atoms with van der Waals surface area (Å²) in [6.07, 6.45) is 1.74. The minimum absolute atomic E-state index is 0.352. The largest absolute Gasteiger partial charge is 0.496 e. The van der Waals surface area contributed by atoms with Gasteiger partial charge in [-0.2, -0.15) is 0 Å². The second-order valence-electron chi connectivity index (χ2n) is 3.90. The number of alkyl halides is 1. The molecule has 5 heteroatoms. The smallest absolute Gasteiger partial charge is 0.128 e. The van der Waals surface area contributed by atoms with Crippen LogP contribution in [0.4, 0.5) is 0 Å². The molecule has 0 spiro atoms. The highest BCUT2D eigenvalue weighted by Crippen LogP contribution is 2.34. The van der Waals surface area contributed by atoms with E-state index >= 15 is 0 Å². The molecule has 0 aliphatic rings. The summed E-state index contributed by atoms with van der Waals surface area (Å²) in [6.45, 7) is 1.97. The van der Waals surface area contributed by atoms with Crippen LogP contribution in [0.25, 0.3) is 11.3 Å². The number of methoxy groups -OCH3 is 2. The van der Waals surface area contributed by atoms with E-state index in [0.717, 1.165) is 34.1 Å². The molecule has 0 amide bonds. The van der Waals surface area contributed by atoms with Gasteiger partial charge in [-0.05, 0) is 24.6 Å². The first-order chi connectivity index (χ1) is 8.69. The summed E-state index contributed by atoms with van der Waals surface area (Å²) in [5, 5.41) is 0. The Morgan fingerprint density at radius 3 is 2.50 bits per heavy atom. The third-order valence-corrected chi connectivity index (χ3v) is 3.02. The first-order valence-electron chi connectivity index (χ1n) is 5.52. The number of benzene rings is 1. The third kappa shape index (κ3) is 2.29. The van der Waals surface area contributed by atoms with E-state index < -0.39 is 0 Å². The summed E-state index contributed by atoms with van der Waals surface area (Å²) in [4.78, 5) is 7.33. The maximum absolute atomic E-state index is 5.74. The normalized spacial score (nSPS) is 10.4. The van der Waals surface area contributed by atoms with Crippen molar-refractivity contribution in [3.05, 3.63) is 29.7 Å². The van der Waals surface area contributed by atoms with Crippen molar-refractivity contribution in [2.24, 2.45) is 0 Å². The fraction of sp³-hybridized carbons (Fsp3) is 0.308. The molecule has 4 nitrogen and oxygen atoms in total. The standard InChI is InChI=1S/C13H15ClN2O2/c1-8-4-12(18-3)9(5-11(8)17-2)10-7-15-13(6-14)16-10/h4-5,7H,6H2,1-3H3,(H,15,16). The minimum atomic E-state index is 0.352. The Morgan fingerprint density at radius 2 is 1.94 bits per heavy atom. The van der Waals surface area contributed by atoms with Gasteiger partial charge in [0.25, 0.3) is 0 Å². The van der Waals surface area contributed by atoms with Crippen molar-refractivity contribution in [2.45, 2.75) is 12.8 Å². The van der Waals surface area contributed by atoms with Crippen LogP contribution in [-0.2, 0) is 5.88 Å². The van der Waals surface area contributed by atoms with E-state index in [9.17, 15) is 0 Å². The topological polar surface area (TPSA) is 47.1 Å². The van der Waals surface area contributed by atoms with E-state index in [-0.39, 0.29) is 0 Å². The molecular formula is C13H15ClN2O2. The predicted molar refractivity (Wildman–Crippen MR) is 71.4 cm³/mol. The van der Waals surface area contributed by atoms with E-state index in [1.165, 1.54) is 0 Å². The van der Waals surface area contributed by atoms with Crippen LogP contribution in [0, 0.1) is 6.92 Å². The number of ether oxygens (including phenoxy) is 2. The van der Waals surface area contributed by atoms with Crippen LogP contribution in [0.1, 0.15) is 11.4 Å². The fourth-order valence-corrected chi connectivity index (χ4v) is 1.96. The number of rotatable bonds is 4. The second-order valence-corrected chi connectivity index (χ2v) is 4.17. The van der Waals surface area contributed by atoms with Gasteiger partial charge in [0.05, 0.1) is 32.0 Å². The molecule has 0 unspecified atom stereocenters. The van der Waals surface area contributed by atoms with E-state index in [4.69, 9.17) is 21.1 Å². The molecule has 2 rings (SSSR count). The van der Waals surface area contributed by atoms with Gasteiger partial charge in [0, 0.05) is 5.56 Å². The number of nitrogens with zero attached hydrogens (tertiary/aromatic N) is 1. The molecule has 2 aromatic rings. The lowest BCUT2D eigenvalue weighted by Gasteiger charge is -2.11. The zero-order chi connectivity index (χ0) is 13.1. The van der Waals surface area contributed by atoms with Crippen molar-refractivity contribution >= 4 is 11.6 Å². The fourth-order valence-electron chi connectivity index (χ4n) is 1.83. The molecule has 0 radical (unpaired) electrons. The maximum Gasteiger partial charge on any atom is 0.128 e. The van der Waals surface area contributed by atoms with Gasteiger partial charge in [0.15, 0.2) is 0 Å². The van der Waals surface area contributed by atoms with Crippen LogP contribution in [-0.4, -0.2) is 24.2 Å². The maximum atomic E-state index is 5.74. The van der Waals surface area contributed by atoms with Gasteiger partial charge in [0.2, 0.25) is 0 Å². The van der Waals surface area contributed by atoms with E-state index in [2.05, 4.69) is 9.97 Å². The lowest BCUT2D eigenvalue weighted by molar-refractivity contribution is 0.401. The SMILES string of the molecule is COc1cc(-c2cnc(CCl)[nH]2)c(OC)cc1C. The molecule has 18 heavy (non-hydrogen) atoms. The Kier molecular flexibility index (Phi) is 3.77. The highest BCUT2D eigenvalue weighted by atomic mass is 35.5. The van der Waals surface area contributed by atoms with Gasteiger partial charge in [-0.3, -0.25) is 0 Å². The number of nitrogens with one attached hydrogen (secondary N) is 1. The van der Waals surface area contributed by atoms with Crippen LogP contribution in [0.3, 0.4) is 0 Å². The molecule has 0 bridgehead atoms. The van der Waals surface area contributed by atoms with Gasteiger partial charge < -0.3 is 14.5 Å². The van der Waals surface area contributed by atoms with Crippen LogP contribution < -0.4 is 9.47 Å². The van der Waals surface area contributed by atoms with E-state index in [1.807, 2.05) is 19.1 Å². The summed E-state index contributed by atoms with van der Waals surface area (Å²) in [7, 11) is 3.29. The number of aromatic amines is 1. The van der Waals surface area contributed by atoms with Gasteiger partial charge in [0.1, 0.15) is 17.3 Å². The predicted octanol–water partition coefficient (Wildman–Crippen LogP) is 3.14. The third-order valence-electron chi connectivity index (χ3n) is 2.76. The molecule has 0 atom stereocenters. The molecule has 1 N–H and O–H groups in total. The zero-order valence-corrected chi connectivity index (χ0v) is 11.3. The molecular weight excluding hydrogens is 252 g/mol. The van der Waals surface area contributed by atoms with Crippen LogP contribution in [0.15, 0.2) is 18.3 Å². The quantitative estimate of drug-likeness (QED) is 0.865. The van der Waals surface area contributed by atoms with Crippen molar-refractivity contribution < 1.29 is 9.47 Å². The average molecular weight is 267 g/mol. The van der Waals surface area contributed by atoms with Crippen LogP contribution >= 0.6 is 11.6 Å². The summed E-state index contributed by atoms with van der Waals surface area (Å²) in [6, 6.07) is 3.87. The number of hydrogen-bond donors (Lipinski definition) is 1. The summed E-state index contributed by atoms with van der Waals surface area (Å²) in [5.74, 6) is 2.67. The van der Waals surface area contributed by atoms with Crippen LogP contribution in [0.2, 0.25) is 0 Å². The zero-order valence-electron chi connectivity index (χ0n) is 10.6. The Bertz CT molecular complexity index is 552. The van der Waals surface area contributed by atoms with Gasteiger partial charge in [-0.25, -0.2) is 4.98 Å². The van der Waals surface area contributed by atoms with Crippen molar-refractivity contribution in [2.75, 3.05) is 14.2 Å². The molecule has 1 aromatic carbocycles. The molecule has 0 saturated carbocycles. The lowest BCUT2D eigenvalue weighted by atomic mass is 10.1. The second kappa shape index (κ2) is 5.31. The number of aryl methyl sites for hydroxylation is 1. The molecule has 0 fully saturated rings. The summed E-state index contributed by atoms with van der Waals surface area (Å²) < 4.78 is 10.7. The minimum Gasteiger partial charge on any atom is -0.496 e. The summed E-state index contributed by atoms with van der Waals surface area (Å²) in [5.41, 5.74) is 2.79. The Labute approximate surface area is 111 Å². The monoisotopic (exact) mass is 266 g/mol. The van der Waals surface area contributed by atoms with Crippen molar-refractivity contribution in [3.63, 3.8) is 0 Å². The summed E-state index contributed by atoms with van der Waals surface area (Å²) >= 11 is 5.74. The van der Waals surface area contributed by atoms with E-state index in [1.54, 1.807) is 20.4 Å². The lowest BCUT2D eigenvalue weighted by Crippen LogP contribution is -1.93. The molecule has 96 valence electrons. The van der Waals surface area contributed by atoms with Crippen molar-refractivity contribution in [1.82, 2.24) is 9.97 Å². The number of hydrogen-bond acceptors (Lipinski definition) is 3. The molecule has 1 aromatic heterocycles. The van der Waals surface area contributed by atoms with Gasteiger partial charge in [-0.1, -0.05) is 0 Å². The molecule has 0 aliphatic carbocycles. The van der Waals surface area contributed by atoms with Gasteiger partial charge >= 0.3 is 0 Å². The molecule has 0 saturated heterocycles. The number of H-pyrrole nitrogens is 1. The number of imidazole rings is 1. The van der Waals surface area contributed by atoms with Crippen molar-refractivity contribution in [1.29, 1.82) is 0 Å². The average Bonchev–Trinajstić information content (AvgIpc) is 2.87.